The molecule has 1 aliphatic heterocycles. The van der Waals surface area contributed by atoms with Crippen LogP contribution in [0.5, 0.6) is 0 Å². The van der Waals surface area contributed by atoms with E-state index in [0.29, 0.717) is 25.0 Å². The molecule has 220 valence electrons. The molecule has 3 rings (SSSR count). The lowest BCUT2D eigenvalue weighted by Crippen LogP contribution is -2.44. The number of amides is 3. The molecule has 0 unspecified atom stereocenters. The molecule has 1 aliphatic rings. The number of halogens is 1. The monoisotopic (exact) mass is 567 g/mol. The van der Waals surface area contributed by atoms with Gasteiger partial charge in [-0.25, -0.2) is 9.18 Å². The highest BCUT2D eigenvalue weighted by atomic mass is 19.1. The van der Waals surface area contributed by atoms with Gasteiger partial charge in [0.05, 0.1) is 19.3 Å². The third-order valence-electron chi connectivity index (χ3n) is 6.37. The molecule has 2 N–H and O–H groups in total. The van der Waals surface area contributed by atoms with Gasteiger partial charge >= 0.3 is 6.09 Å². The van der Waals surface area contributed by atoms with Gasteiger partial charge in [-0.1, -0.05) is 26.8 Å². The van der Waals surface area contributed by atoms with Crippen molar-refractivity contribution >= 4 is 35.0 Å². The van der Waals surface area contributed by atoms with Gasteiger partial charge in [-0.3, -0.25) is 19.4 Å². The molecule has 2 aromatic rings. The van der Waals surface area contributed by atoms with Crippen molar-refractivity contribution in [3.63, 3.8) is 0 Å². The predicted molar refractivity (Wildman–Crippen MR) is 156 cm³/mol. The molecule has 2 heterocycles. The van der Waals surface area contributed by atoms with E-state index in [2.05, 4.69) is 36.1 Å². The lowest BCUT2D eigenvalue weighted by atomic mass is 9.86. The van der Waals surface area contributed by atoms with Crippen molar-refractivity contribution in [1.29, 1.82) is 0 Å². The molecule has 1 aromatic heterocycles. The molecule has 1 atom stereocenters. The Hall–Kier alpha value is -4.28. The van der Waals surface area contributed by atoms with Crippen molar-refractivity contribution < 1.29 is 23.5 Å². The summed E-state index contributed by atoms with van der Waals surface area (Å²) < 4.78 is 20.4. The Kier molecular flexibility index (Phi) is 10.2. The highest BCUT2D eigenvalue weighted by molar-refractivity contribution is 5.97. The maximum atomic E-state index is 14.3. The molecule has 0 saturated carbocycles. The maximum absolute atomic E-state index is 14.3. The lowest BCUT2D eigenvalue weighted by molar-refractivity contribution is -0.123. The van der Waals surface area contributed by atoms with Crippen LogP contribution in [0.2, 0.25) is 0 Å². The van der Waals surface area contributed by atoms with Crippen LogP contribution in [-0.4, -0.2) is 60.3 Å². The topological polar surface area (TPSA) is 122 Å². The van der Waals surface area contributed by atoms with Crippen molar-refractivity contribution in [3.8, 4) is 0 Å². The van der Waals surface area contributed by atoms with Crippen molar-refractivity contribution in [2.75, 3.05) is 26.5 Å². The molecule has 0 saturated heterocycles. The first kappa shape index (κ1) is 31.3. The summed E-state index contributed by atoms with van der Waals surface area (Å²) in [7, 11) is 4.42. The number of pyridine rings is 1. The third kappa shape index (κ3) is 8.86. The summed E-state index contributed by atoms with van der Waals surface area (Å²) in [6.45, 7) is 6.41. The van der Waals surface area contributed by atoms with Crippen LogP contribution in [0.1, 0.15) is 44.7 Å². The van der Waals surface area contributed by atoms with Crippen LogP contribution in [0.4, 0.5) is 20.6 Å². The number of alkyl carbamates (subject to hydrolysis) is 1. The van der Waals surface area contributed by atoms with E-state index >= 15 is 0 Å². The lowest BCUT2D eigenvalue weighted by Gasteiger charge is -2.19. The number of aliphatic imine (C=N–C) groups is 1. The van der Waals surface area contributed by atoms with Crippen LogP contribution >= 0.6 is 0 Å². The Balaban J connectivity index is 1.75. The molecular weight excluding hydrogens is 529 g/mol. The summed E-state index contributed by atoms with van der Waals surface area (Å²) >= 11 is 0. The van der Waals surface area contributed by atoms with Gasteiger partial charge in [0.15, 0.2) is 0 Å². The molecule has 10 nitrogen and oxygen atoms in total. The molecule has 0 radical (unpaired) electrons. The summed E-state index contributed by atoms with van der Waals surface area (Å²) in [5.74, 6) is -1.12. The van der Waals surface area contributed by atoms with Crippen molar-refractivity contribution in [2.45, 2.75) is 59.0 Å². The normalized spacial score (nSPS) is 13.4. The number of carbonyl (C=O) groups is 3. The standard InChI is InChI=1S/C30H38FN5O5/c1-30(2,3)17-20-15-21(31)14-19-16-22(32-26(19)20)18-36-13-9-11-24(28(36)39)33-27(38)23(34-29(40)41-6)10-7-8-12-25(37)35(4)5/h8-9,11-15,23H,7,10,16-18H2,1-6H3,(H,33,38)(H,34,40)/b12-8+/t23-/m0/s1. The van der Waals surface area contributed by atoms with Gasteiger partial charge in [0.2, 0.25) is 11.8 Å². The highest BCUT2D eigenvalue weighted by Gasteiger charge is 2.24. The van der Waals surface area contributed by atoms with Gasteiger partial charge in [0.1, 0.15) is 17.5 Å². The molecule has 41 heavy (non-hydrogen) atoms. The Morgan fingerprint density at radius 3 is 2.63 bits per heavy atom. The van der Waals surface area contributed by atoms with Crippen LogP contribution in [0.25, 0.3) is 0 Å². The first-order valence-electron chi connectivity index (χ1n) is 13.4. The Morgan fingerprint density at radius 1 is 1.24 bits per heavy atom. The zero-order valence-corrected chi connectivity index (χ0v) is 24.4. The number of carbonyl (C=O) groups excluding carboxylic acids is 3. The van der Waals surface area contributed by atoms with E-state index in [9.17, 15) is 23.6 Å². The van der Waals surface area contributed by atoms with Gasteiger partial charge in [-0.2, -0.15) is 0 Å². The summed E-state index contributed by atoms with van der Waals surface area (Å²) in [6.07, 6.45) is 5.35. The number of aromatic nitrogens is 1. The van der Waals surface area contributed by atoms with Gasteiger partial charge in [0.25, 0.3) is 5.56 Å². The van der Waals surface area contributed by atoms with Crippen molar-refractivity contribution in [1.82, 2.24) is 14.8 Å². The fourth-order valence-electron chi connectivity index (χ4n) is 4.45. The molecule has 0 bridgehead atoms. The van der Waals surface area contributed by atoms with E-state index in [1.807, 2.05) is 0 Å². The number of hydrogen-bond acceptors (Lipinski definition) is 6. The summed E-state index contributed by atoms with van der Waals surface area (Å²) in [5, 5.41) is 5.07. The highest BCUT2D eigenvalue weighted by Crippen LogP contribution is 2.35. The number of methoxy groups -OCH3 is 1. The number of anilines is 1. The smallest absolute Gasteiger partial charge is 0.407 e. The largest absolute Gasteiger partial charge is 0.453 e. The van der Waals surface area contributed by atoms with Gasteiger partial charge in [-0.15, -0.1) is 0 Å². The average molecular weight is 568 g/mol. The van der Waals surface area contributed by atoms with Crippen LogP contribution in [-0.2, 0) is 33.7 Å². The minimum atomic E-state index is -1.01. The molecular formula is C30H38FN5O5. The molecule has 1 aromatic carbocycles. The predicted octanol–water partition coefficient (Wildman–Crippen LogP) is 3.99. The Bertz CT molecular complexity index is 1420. The molecule has 0 spiro atoms. The van der Waals surface area contributed by atoms with E-state index in [1.54, 1.807) is 32.4 Å². The molecule has 0 fully saturated rings. The number of nitrogens with zero attached hydrogens (tertiary/aromatic N) is 3. The minimum Gasteiger partial charge on any atom is -0.453 e. The number of benzene rings is 1. The summed E-state index contributed by atoms with van der Waals surface area (Å²) in [5.41, 5.74) is 2.61. The minimum absolute atomic E-state index is 0.0306. The molecule has 3 amide bonds. The quantitative estimate of drug-likeness (QED) is 0.421. The SMILES string of the molecule is COC(=O)N[C@@H](CC/C=C/C(=O)N(C)C)C(=O)Nc1cccn(CC2=Nc3c(cc(F)cc3CC(C)(C)C)C2)c1=O. The summed E-state index contributed by atoms with van der Waals surface area (Å²) in [6, 6.07) is 5.09. The number of likely N-dealkylation sites (N-methyl/N-ethyl adjacent to an activating group) is 1. The number of rotatable bonds is 10. The van der Waals surface area contributed by atoms with E-state index < -0.39 is 23.6 Å². The fraction of sp³-hybridized carbons (Fsp3) is 0.433. The average Bonchev–Trinajstić information content (AvgIpc) is 3.29. The second-order valence-electron chi connectivity index (χ2n) is 11.4. The van der Waals surface area contributed by atoms with Gasteiger partial charge < -0.3 is 24.8 Å². The Morgan fingerprint density at radius 2 is 1.98 bits per heavy atom. The first-order chi connectivity index (χ1) is 19.3. The van der Waals surface area contributed by atoms with Crippen LogP contribution in [0.3, 0.4) is 0 Å². The first-order valence-corrected chi connectivity index (χ1v) is 13.4. The molecule has 0 aliphatic carbocycles. The number of ether oxygens (including phenoxy) is 1. The van der Waals surface area contributed by atoms with E-state index in [4.69, 9.17) is 4.99 Å². The van der Waals surface area contributed by atoms with Crippen LogP contribution < -0.4 is 16.2 Å². The second-order valence-corrected chi connectivity index (χ2v) is 11.4. The number of fused-ring (bicyclic) bond motifs is 1. The third-order valence-corrected chi connectivity index (χ3v) is 6.37. The molecule has 11 heteroatoms. The van der Waals surface area contributed by atoms with Crippen LogP contribution in [0, 0.1) is 11.2 Å². The number of hydrogen-bond donors (Lipinski definition) is 2. The van der Waals surface area contributed by atoms with Gasteiger partial charge in [0, 0.05) is 32.4 Å². The number of nitrogens with one attached hydrogen (secondary N) is 2. The maximum Gasteiger partial charge on any atom is 0.407 e. The van der Waals surface area contributed by atoms with Crippen LogP contribution in [0.15, 0.2) is 52.4 Å². The second kappa shape index (κ2) is 13.4. The van der Waals surface area contributed by atoms with E-state index in [-0.39, 0.29) is 35.8 Å². The van der Waals surface area contributed by atoms with Crippen molar-refractivity contribution in [3.05, 3.63) is 69.9 Å². The van der Waals surface area contributed by atoms with Gasteiger partial charge in [-0.05, 0) is 66.1 Å². The number of allylic oxidation sites excluding steroid dienone is 1. The zero-order chi connectivity index (χ0) is 30.3. The van der Waals surface area contributed by atoms with Crippen molar-refractivity contribution in [2.24, 2.45) is 10.4 Å². The Labute approximate surface area is 239 Å². The fourth-order valence-corrected chi connectivity index (χ4v) is 4.45. The summed E-state index contributed by atoms with van der Waals surface area (Å²) in [4.78, 5) is 56.0. The zero-order valence-electron chi connectivity index (χ0n) is 24.4. The van der Waals surface area contributed by atoms with E-state index in [1.165, 1.54) is 40.9 Å². The van der Waals surface area contributed by atoms with E-state index in [0.717, 1.165) is 16.8 Å².